The molecule has 1 aromatic heterocycles. The Labute approximate surface area is 323 Å². The highest BCUT2D eigenvalue weighted by Gasteiger charge is 2.65. The third-order valence-electron chi connectivity index (χ3n) is 10.3. The standard InChI is InChI=1S/C43H49F2N3O5Si2/c1-31(49)46-37-28-29-48(40(50)47-37)39-43(44,45)38(53-55(42(5,6)7,34-24-16-10-17-25-34)35-26-18-11-19-27-35)36(52-39)30-51-54(41(2,3)4,32-20-12-8-13-21-32)33-22-14-9-15-23-33/h8-29,36,38-39H,30H2,1-7H3,(H,46,47,49,50)/t36-,38?,39?/m1/s1. The lowest BCUT2D eigenvalue weighted by atomic mass is 10.1. The summed E-state index contributed by atoms with van der Waals surface area (Å²) in [5, 5.41) is 4.94. The van der Waals surface area contributed by atoms with Crippen LogP contribution >= 0.6 is 0 Å². The van der Waals surface area contributed by atoms with Gasteiger partial charge in [0.15, 0.2) is 0 Å². The second kappa shape index (κ2) is 15.5. The van der Waals surface area contributed by atoms with Gasteiger partial charge in [-0.15, -0.1) is 0 Å². The van der Waals surface area contributed by atoms with E-state index in [0.717, 1.165) is 25.3 Å². The van der Waals surface area contributed by atoms with Crippen molar-refractivity contribution in [1.82, 2.24) is 9.55 Å². The van der Waals surface area contributed by atoms with E-state index in [9.17, 15) is 9.59 Å². The molecule has 0 saturated carbocycles. The Kier molecular flexibility index (Phi) is 11.3. The molecule has 12 heteroatoms. The van der Waals surface area contributed by atoms with Crippen molar-refractivity contribution < 1.29 is 27.2 Å². The Bertz CT molecular complexity index is 2050. The van der Waals surface area contributed by atoms with Crippen LogP contribution in [0.1, 0.15) is 54.7 Å². The third kappa shape index (κ3) is 7.53. The van der Waals surface area contributed by atoms with Gasteiger partial charge < -0.3 is 18.9 Å². The molecule has 1 amide bonds. The van der Waals surface area contributed by atoms with E-state index in [0.29, 0.717) is 0 Å². The average molecular weight is 782 g/mol. The molecule has 8 nitrogen and oxygen atoms in total. The van der Waals surface area contributed by atoms with Gasteiger partial charge in [0.05, 0.1) is 6.61 Å². The highest BCUT2D eigenvalue weighted by atomic mass is 28.4. The zero-order chi connectivity index (χ0) is 39.6. The molecule has 4 aromatic carbocycles. The van der Waals surface area contributed by atoms with Crippen LogP contribution in [0.15, 0.2) is 138 Å². The summed E-state index contributed by atoms with van der Waals surface area (Å²) in [5.41, 5.74) is -1.01. The Hall–Kier alpha value is -4.60. The Morgan fingerprint density at radius 3 is 1.55 bits per heavy atom. The van der Waals surface area contributed by atoms with Gasteiger partial charge in [-0.1, -0.05) is 163 Å². The number of aromatic nitrogens is 2. The maximum atomic E-state index is 17.6. The van der Waals surface area contributed by atoms with Crippen molar-refractivity contribution in [1.29, 1.82) is 0 Å². The molecule has 2 heterocycles. The molecule has 3 atom stereocenters. The molecule has 1 N–H and O–H groups in total. The van der Waals surface area contributed by atoms with Gasteiger partial charge in [0.1, 0.15) is 18.0 Å². The van der Waals surface area contributed by atoms with Gasteiger partial charge in [-0.05, 0) is 36.9 Å². The number of nitrogens with zero attached hydrogens (tertiary/aromatic N) is 2. The maximum Gasteiger partial charge on any atom is 0.351 e. The fraction of sp³-hybridized carbons (Fsp3) is 0.326. The number of carbonyl (C=O) groups excluding carboxylic acids is 1. The number of nitrogens with one attached hydrogen (secondary N) is 1. The molecule has 1 fully saturated rings. The van der Waals surface area contributed by atoms with Gasteiger partial charge >= 0.3 is 11.6 Å². The number of halogens is 2. The van der Waals surface area contributed by atoms with Gasteiger partial charge in [0, 0.05) is 13.1 Å². The van der Waals surface area contributed by atoms with Crippen LogP contribution in [-0.2, 0) is 18.4 Å². The Balaban J connectivity index is 1.53. The number of hydrogen-bond acceptors (Lipinski definition) is 6. The first-order valence-corrected chi connectivity index (χ1v) is 22.3. The highest BCUT2D eigenvalue weighted by molar-refractivity contribution is 7.00. The lowest BCUT2D eigenvalue weighted by Crippen LogP contribution is -2.70. The molecular formula is C43H49F2N3O5Si2. The summed E-state index contributed by atoms with van der Waals surface area (Å²) in [6.07, 6.45) is -4.10. The van der Waals surface area contributed by atoms with Gasteiger partial charge in [-0.2, -0.15) is 13.8 Å². The van der Waals surface area contributed by atoms with Crippen LogP contribution in [0.25, 0.3) is 0 Å². The molecule has 288 valence electrons. The molecule has 0 aliphatic carbocycles. The maximum absolute atomic E-state index is 17.6. The number of rotatable bonds is 11. The summed E-state index contributed by atoms with van der Waals surface area (Å²) >= 11 is 0. The Morgan fingerprint density at radius 1 is 0.745 bits per heavy atom. The van der Waals surface area contributed by atoms with E-state index in [-0.39, 0.29) is 12.4 Å². The first kappa shape index (κ1) is 40.1. The summed E-state index contributed by atoms with van der Waals surface area (Å²) in [4.78, 5) is 29.0. The molecule has 1 aliphatic heterocycles. The lowest BCUT2D eigenvalue weighted by molar-refractivity contribution is -0.137. The minimum absolute atomic E-state index is 0.0539. The first-order chi connectivity index (χ1) is 26.0. The highest BCUT2D eigenvalue weighted by Crippen LogP contribution is 2.48. The van der Waals surface area contributed by atoms with E-state index < -0.39 is 62.7 Å². The molecule has 0 spiro atoms. The van der Waals surface area contributed by atoms with Crippen LogP contribution in [0.2, 0.25) is 10.1 Å². The normalized spacial score (nSPS) is 18.9. The predicted octanol–water partition coefficient (Wildman–Crippen LogP) is 6.26. The molecule has 0 radical (unpaired) electrons. The molecule has 2 unspecified atom stereocenters. The first-order valence-electron chi connectivity index (χ1n) is 18.5. The fourth-order valence-corrected chi connectivity index (χ4v) is 17.2. The molecule has 0 bridgehead atoms. The van der Waals surface area contributed by atoms with Crippen molar-refractivity contribution in [3.05, 3.63) is 144 Å². The monoisotopic (exact) mass is 781 g/mol. The summed E-state index contributed by atoms with van der Waals surface area (Å²) in [6.45, 7) is 13.4. The summed E-state index contributed by atoms with van der Waals surface area (Å²) in [5.74, 6) is -4.26. The molecule has 6 rings (SSSR count). The second-order valence-corrected chi connectivity index (χ2v) is 24.6. The van der Waals surface area contributed by atoms with Crippen LogP contribution < -0.4 is 31.8 Å². The zero-order valence-corrected chi connectivity index (χ0v) is 34.3. The molecule has 1 aliphatic rings. The molecule has 5 aromatic rings. The van der Waals surface area contributed by atoms with Crippen molar-refractivity contribution in [2.75, 3.05) is 11.9 Å². The number of benzene rings is 4. The number of ether oxygens (including phenoxy) is 1. The summed E-state index contributed by atoms with van der Waals surface area (Å²) in [6, 6.07) is 40.3. The van der Waals surface area contributed by atoms with Gasteiger partial charge in [-0.25, -0.2) is 4.79 Å². The average Bonchev–Trinajstić information content (AvgIpc) is 3.39. The van der Waals surface area contributed by atoms with Crippen molar-refractivity contribution in [2.24, 2.45) is 0 Å². The van der Waals surface area contributed by atoms with E-state index in [1.165, 1.54) is 19.2 Å². The summed E-state index contributed by atoms with van der Waals surface area (Å²) < 4.78 is 56.8. The van der Waals surface area contributed by atoms with E-state index in [2.05, 4.69) is 31.1 Å². The smallest absolute Gasteiger partial charge is 0.351 e. The number of hydrogen-bond donors (Lipinski definition) is 1. The van der Waals surface area contributed by atoms with Crippen LogP contribution in [0, 0.1) is 0 Å². The van der Waals surface area contributed by atoms with Crippen molar-refractivity contribution in [3.63, 3.8) is 0 Å². The second-order valence-electron chi connectivity index (χ2n) is 16.1. The van der Waals surface area contributed by atoms with Crippen molar-refractivity contribution in [2.45, 2.75) is 82.9 Å². The van der Waals surface area contributed by atoms with Crippen LogP contribution in [0.3, 0.4) is 0 Å². The van der Waals surface area contributed by atoms with E-state index in [1.54, 1.807) is 0 Å². The largest absolute Gasteiger partial charge is 0.405 e. The topological polar surface area (TPSA) is 91.7 Å². The molecule has 55 heavy (non-hydrogen) atoms. The van der Waals surface area contributed by atoms with Gasteiger partial charge in [0.2, 0.25) is 12.1 Å². The van der Waals surface area contributed by atoms with Crippen LogP contribution in [-0.4, -0.2) is 56.8 Å². The quantitative estimate of drug-likeness (QED) is 0.159. The van der Waals surface area contributed by atoms with Crippen LogP contribution in [0.5, 0.6) is 0 Å². The third-order valence-corrected chi connectivity index (χ3v) is 20.4. The molecular weight excluding hydrogens is 733 g/mol. The van der Waals surface area contributed by atoms with Crippen LogP contribution in [0.4, 0.5) is 14.6 Å². The van der Waals surface area contributed by atoms with Gasteiger partial charge in [-0.3, -0.25) is 9.36 Å². The SMILES string of the molecule is CC(=O)Nc1ccn(C2O[C@H](CO[Si](c3ccccc3)(c3ccccc3)C(C)(C)C)C(O[Si](c3ccccc3)(c3ccccc3)C(C)(C)C)C2(F)F)c(=O)n1. The van der Waals surface area contributed by atoms with Crippen molar-refractivity contribution >= 4 is 49.1 Å². The minimum Gasteiger partial charge on any atom is -0.405 e. The number of carbonyl (C=O) groups is 1. The lowest BCUT2D eigenvalue weighted by Gasteiger charge is -2.46. The van der Waals surface area contributed by atoms with Gasteiger partial charge in [0.25, 0.3) is 16.6 Å². The van der Waals surface area contributed by atoms with E-state index >= 15 is 8.78 Å². The van der Waals surface area contributed by atoms with Crippen molar-refractivity contribution in [3.8, 4) is 0 Å². The zero-order valence-electron chi connectivity index (χ0n) is 32.3. The predicted molar refractivity (Wildman–Crippen MR) is 218 cm³/mol. The molecule has 1 saturated heterocycles. The van der Waals surface area contributed by atoms with E-state index in [4.69, 9.17) is 13.6 Å². The van der Waals surface area contributed by atoms with E-state index in [1.807, 2.05) is 142 Å². The Morgan fingerprint density at radius 2 is 1.16 bits per heavy atom. The summed E-state index contributed by atoms with van der Waals surface area (Å²) in [7, 11) is -6.85. The number of alkyl halides is 2. The minimum atomic E-state index is -3.76. The number of amides is 1. The fourth-order valence-electron chi connectivity index (χ4n) is 7.94. The number of anilines is 1.